The summed E-state index contributed by atoms with van der Waals surface area (Å²) in [4.78, 5) is 12.2. The first kappa shape index (κ1) is 41.4. The van der Waals surface area contributed by atoms with E-state index in [9.17, 15) is 4.79 Å². The van der Waals surface area contributed by atoms with Crippen molar-refractivity contribution in [2.24, 2.45) is 0 Å². The van der Waals surface area contributed by atoms with E-state index in [-0.39, 0.29) is 5.91 Å². The molecular weight excluding hydrogens is 512 g/mol. The van der Waals surface area contributed by atoms with Crippen molar-refractivity contribution in [2.45, 2.75) is 213 Å². The van der Waals surface area contributed by atoms with Crippen LogP contribution in [0.25, 0.3) is 0 Å². The number of quaternary nitrogens is 1. The van der Waals surface area contributed by atoms with Gasteiger partial charge in [-0.25, -0.2) is 0 Å². The van der Waals surface area contributed by atoms with E-state index in [1.54, 1.807) is 0 Å². The molecule has 0 saturated carbocycles. The van der Waals surface area contributed by atoms with E-state index in [0.29, 0.717) is 0 Å². The maximum absolute atomic E-state index is 12.2. The van der Waals surface area contributed by atoms with Gasteiger partial charge < -0.3 is 9.80 Å². The van der Waals surface area contributed by atoms with Crippen LogP contribution in [0.5, 0.6) is 0 Å². The van der Waals surface area contributed by atoms with Crippen LogP contribution in [0.3, 0.4) is 0 Å². The fraction of sp³-hybridized carbons (Fsp3) is 0.974. The summed E-state index contributed by atoms with van der Waals surface area (Å²) < 4.78 is 1.09. The monoisotopic (exact) mass is 594 g/mol. The lowest BCUT2D eigenvalue weighted by Crippen LogP contribution is -2.42. The Hall–Kier alpha value is -0.570. The minimum absolute atomic E-state index is 0.266. The molecule has 1 amide bonds. The summed E-state index contributed by atoms with van der Waals surface area (Å²) in [6.07, 6.45) is 42.3. The molecular formula is C39H81N2O+. The molecule has 0 aromatic heterocycles. The van der Waals surface area contributed by atoms with Crippen LogP contribution < -0.4 is 5.32 Å². The maximum atomic E-state index is 12.2. The van der Waals surface area contributed by atoms with Gasteiger partial charge in [0.1, 0.15) is 0 Å². The lowest BCUT2D eigenvalue weighted by atomic mass is 10.0. The molecule has 3 nitrogen and oxygen atoms in total. The molecule has 0 aromatic rings. The van der Waals surface area contributed by atoms with E-state index < -0.39 is 0 Å². The standard InChI is InChI=1S/C39H80N2O/c1-5-7-9-11-13-15-17-19-21-22-24-26-28-30-32-35-39(42)40-36-34-38-41(3,4)37-33-31-29-27-25-23-20-18-16-14-12-10-8-6-2/h5-38H2,1-4H3/p+1. The smallest absolute Gasteiger partial charge is 0.219 e. The van der Waals surface area contributed by atoms with Gasteiger partial charge in [0.15, 0.2) is 0 Å². The zero-order valence-electron chi connectivity index (χ0n) is 29.9. The van der Waals surface area contributed by atoms with Crippen LogP contribution in [-0.2, 0) is 4.79 Å². The molecule has 0 bridgehead atoms. The van der Waals surface area contributed by atoms with E-state index in [1.165, 1.54) is 186 Å². The zero-order chi connectivity index (χ0) is 30.8. The van der Waals surface area contributed by atoms with Crippen molar-refractivity contribution in [3.8, 4) is 0 Å². The van der Waals surface area contributed by atoms with E-state index in [0.717, 1.165) is 36.8 Å². The molecule has 1 N–H and O–H groups in total. The molecule has 0 aliphatic rings. The molecule has 0 aliphatic heterocycles. The first-order chi connectivity index (χ1) is 20.5. The average Bonchev–Trinajstić information content (AvgIpc) is 2.97. The van der Waals surface area contributed by atoms with Crippen molar-refractivity contribution in [1.29, 1.82) is 0 Å². The van der Waals surface area contributed by atoms with Gasteiger partial charge in [-0.3, -0.25) is 4.79 Å². The SMILES string of the molecule is CCCCCCCCCCCCCCCCCC(=O)NCCC[N+](C)(C)CCCCCCCCCCCCCCCC. The topological polar surface area (TPSA) is 29.1 Å². The summed E-state index contributed by atoms with van der Waals surface area (Å²) in [6.45, 7) is 7.87. The number of hydrogen-bond donors (Lipinski definition) is 1. The second-order valence-electron chi connectivity index (χ2n) is 14.4. The molecule has 0 spiro atoms. The van der Waals surface area contributed by atoms with Gasteiger partial charge in [-0.05, 0) is 19.3 Å². The first-order valence-corrected chi connectivity index (χ1v) is 19.6. The second-order valence-corrected chi connectivity index (χ2v) is 14.4. The Bertz CT molecular complexity index is 532. The van der Waals surface area contributed by atoms with Crippen molar-refractivity contribution in [1.82, 2.24) is 5.32 Å². The molecule has 252 valence electrons. The van der Waals surface area contributed by atoms with Crippen LogP contribution in [0.15, 0.2) is 0 Å². The number of carbonyl (C=O) groups excluding carboxylic acids is 1. The van der Waals surface area contributed by atoms with Gasteiger partial charge in [0.25, 0.3) is 0 Å². The largest absolute Gasteiger partial charge is 0.356 e. The Balaban J connectivity index is 3.38. The van der Waals surface area contributed by atoms with Crippen molar-refractivity contribution >= 4 is 5.91 Å². The maximum Gasteiger partial charge on any atom is 0.219 e. The molecule has 0 aliphatic carbocycles. The highest BCUT2D eigenvalue weighted by molar-refractivity contribution is 5.75. The third kappa shape index (κ3) is 33.9. The van der Waals surface area contributed by atoms with Crippen molar-refractivity contribution < 1.29 is 9.28 Å². The summed E-state index contributed by atoms with van der Waals surface area (Å²) in [6, 6.07) is 0. The van der Waals surface area contributed by atoms with Crippen LogP contribution in [0, 0.1) is 0 Å². The Morgan fingerprint density at radius 2 is 0.690 bits per heavy atom. The number of nitrogens with zero attached hydrogens (tertiary/aromatic N) is 1. The predicted molar refractivity (Wildman–Crippen MR) is 189 cm³/mol. The van der Waals surface area contributed by atoms with Crippen LogP contribution >= 0.6 is 0 Å². The highest BCUT2D eigenvalue weighted by Crippen LogP contribution is 2.15. The zero-order valence-corrected chi connectivity index (χ0v) is 29.9. The molecule has 0 fully saturated rings. The minimum Gasteiger partial charge on any atom is -0.356 e. The van der Waals surface area contributed by atoms with Crippen molar-refractivity contribution in [2.75, 3.05) is 33.7 Å². The summed E-state index contributed by atoms with van der Waals surface area (Å²) in [5, 5.41) is 3.18. The number of amides is 1. The van der Waals surface area contributed by atoms with Gasteiger partial charge >= 0.3 is 0 Å². The number of carbonyl (C=O) groups is 1. The number of rotatable bonds is 35. The van der Waals surface area contributed by atoms with E-state index in [4.69, 9.17) is 0 Å². The summed E-state index contributed by atoms with van der Waals surface area (Å²) in [5.74, 6) is 0.266. The number of nitrogens with one attached hydrogen (secondary N) is 1. The summed E-state index contributed by atoms with van der Waals surface area (Å²) in [5.41, 5.74) is 0. The normalized spacial score (nSPS) is 11.8. The molecule has 42 heavy (non-hydrogen) atoms. The van der Waals surface area contributed by atoms with Gasteiger partial charge in [-0.15, -0.1) is 0 Å². The lowest BCUT2D eigenvalue weighted by molar-refractivity contribution is -0.890. The molecule has 0 aromatic carbocycles. The van der Waals surface area contributed by atoms with Crippen LogP contribution in [0.1, 0.15) is 213 Å². The molecule has 0 unspecified atom stereocenters. The Kier molecular flexibility index (Phi) is 32.9. The Morgan fingerprint density at radius 3 is 1.05 bits per heavy atom. The van der Waals surface area contributed by atoms with Gasteiger partial charge in [0.2, 0.25) is 5.91 Å². The second kappa shape index (κ2) is 33.3. The highest BCUT2D eigenvalue weighted by Gasteiger charge is 2.14. The van der Waals surface area contributed by atoms with E-state index in [2.05, 4.69) is 33.3 Å². The summed E-state index contributed by atoms with van der Waals surface area (Å²) in [7, 11) is 4.72. The third-order valence-corrected chi connectivity index (χ3v) is 9.39. The van der Waals surface area contributed by atoms with Gasteiger partial charge in [-0.2, -0.15) is 0 Å². The highest BCUT2D eigenvalue weighted by atomic mass is 16.1. The number of hydrogen-bond acceptors (Lipinski definition) is 1. The molecule has 0 saturated heterocycles. The van der Waals surface area contributed by atoms with Crippen LogP contribution in [0.2, 0.25) is 0 Å². The van der Waals surface area contributed by atoms with Gasteiger partial charge in [0.05, 0.1) is 27.2 Å². The third-order valence-electron chi connectivity index (χ3n) is 9.39. The quantitative estimate of drug-likeness (QED) is 0.0574. The lowest BCUT2D eigenvalue weighted by Gasteiger charge is -2.30. The van der Waals surface area contributed by atoms with E-state index in [1.807, 2.05) is 0 Å². The van der Waals surface area contributed by atoms with Crippen molar-refractivity contribution in [3.63, 3.8) is 0 Å². The van der Waals surface area contributed by atoms with Crippen molar-refractivity contribution in [3.05, 3.63) is 0 Å². The minimum atomic E-state index is 0.266. The molecule has 3 heteroatoms. The average molecular weight is 594 g/mol. The molecule has 0 heterocycles. The molecule has 0 rings (SSSR count). The first-order valence-electron chi connectivity index (χ1n) is 19.6. The predicted octanol–water partition coefficient (Wildman–Crippen LogP) is 12.3. The number of unbranched alkanes of at least 4 members (excludes halogenated alkanes) is 27. The molecule has 0 atom stereocenters. The molecule has 0 radical (unpaired) electrons. The Labute approximate surface area is 266 Å². The van der Waals surface area contributed by atoms with Crippen LogP contribution in [0.4, 0.5) is 0 Å². The summed E-state index contributed by atoms with van der Waals surface area (Å²) >= 11 is 0. The van der Waals surface area contributed by atoms with Crippen LogP contribution in [-0.4, -0.2) is 44.1 Å². The Morgan fingerprint density at radius 1 is 0.405 bits per heavy atom. The fourth-order valence-corrected chi connectivity index (χ4v) is 6.33. The van der Waals surface area contributed by atoms with E-state index >= 15 is 0 Å². The van der Waals surface area contributed by atoms with Gasteiger partial charge in [0, 0.05) is 19.4 Å². The fourth-order valence-electron chi connectivity index (χ4n) is 6.33. The van der Waals surface area contributed by atoms with Gasteiger partial charge in [-0.1, -0.05) is 181 Å².